The van der Waals surface area contributed by atoms with E-state index in [2.05, 4.69) is 16.9 Å². The van der Waals surface area contributed by atoms with Crippen molar-refractivity contribution in [1.82, 2.24) is 14.9 Å². The van der Waals surface area contributed by atoms with E-state index in [0.29, 0.717) is 17.0 Å². The van der Waals surface area contributed by atoms with E-state index in [0.717, 1.165) is 25.0 Å². The maximum atomic E-state index is 12.4. The van der Waals surface area contributed by atoms with Crippen LogP contribution in [0.3, 0.4) is 0 Å². The number of amides is 1. The van der Waals surface area contributed by atoms with Gasteiger partial charge in [-0.15, -0.1) is 0 Å². The zero-order chi connectivity index (χ0) is 13.4. The molecule has 1 unspecified atom stereocenters. The Kier molecular flexibility index (Phi) is 2.89. The first-order chi connectivity index (χ1) is 9.13. The summed E-state index contributed by atoms with van der Waals surface area (Å²) >= 11 is 0. The van der Waals surface area contributed by atoms with Crippen LogP contribution in [0, 0.1) is 5.92 Å². The third kappa shape index (κ3) is 2.28. The number of aromatic amines is 2. The second-order valence-electron chi connectivity index (χ2n) is 5.34. The number of hydrogen-bond donors (Lipinski definition) is 2. The van der Waals surface area contributed by atoms with E-state index in [1.165, 1.54) is 6.42 Å². The number of rotatable bonds is 1. The Bertz CT molecular complexity index is 671. The molecule has 2 heterocycles. The number of fused-ring (bicyclic) bond motifs is 1. The Labute approximate surface area is 110 Å². The molecule has 5 nitrogen and oxygen atoms in total. The van der Waals surface area contributed by atoms with Crippen LogP contribution in [0.1, 0.15) is 30.1 Å². The average Bonchev–Trinajstić information content (AvgIpc) is 2.76. The molecule has 0 spiro atoms. The SMILES string of the molecule is CC1CCCN(C(=O)c2ccc3[nH]c(=O)[nH]c3c2)C1. The lowest BCUT2D eigenvalue weighted by Gasteiger charge is -2.31. The number of nitrogens with one attached hydrogen (secondary N) is 2. The second-order valence-corrected chi connectivity index (χ2v) is 5.34. The summed E-state index contributed by atoms with van der Waals surface area (Å²) in [4.78, 5) is 30.9. The van der Waals surface area contributed by atoms with Crippen LogP contribution in [-0.2, 0) is 0 Å². The normalized spacial score (nSPS) is 19.8. The molecule has 1 aromatic carbocycles. The van der Waals surface area contributed by atoms with Crippen molar-refractivity contribution in [1.29, 1.82) is 0 Å². The molecule has 0 aliphatic carbocycles. The molecule has 1 aromatic heterocycles. The van der Waals surface area contributed by atoms with Gasteiger partial charge in [0.05, 0.1) is 11.0 Å². The highest BCUT2D eigenvalue weighted by atomic mass is 16.2. The fourth-order valence-corrected chi connectivity index (χ4v) is 2.72. The molecule has 1 saturated heterocycles. The molecule has 1 amide bonds. The van der Waals surface area contributed by atoms with Crippen molar-refractivity contribution in [2.24, 2.45) is 5.92 Å². The van der Waals surface area contributed by atoms with Crippen molar-refractivity contribution >= 4 is 16.9 Å². The van der Waals surface area contributed by atoms with E-state index in [-0.39, 0.29) is 11.6 Å². The molecule has 0 saturated carbocycles. The second kappa shape index (κ2) is 4.57. The van der Waals surface area contributed by atoms with E-state index in [1.807, 2.05) is 4.90 Å². The van der Waals surface area contributed by atoms with Gasteiger partial charge in [-0.2, -0.15) is 0 Å². The lowest BCUT2D eigenvalue weighted by molar-refractivity contribution is 0.0683. The van der Waals surface area contributed by atoms with Gasteiger partial charge in [-0.25, -0.2) is 4.79 Å². The number of nitrogens with zero attached hydrogens (tertiary/aromatic N) is 1. The van der Waals surface area contributed by atoms with E-state index in [1.54, 1.807) is 18.2 Å². The summed E-state index contributed by atoms with van der Waals surface area (Å²) in [5.74, 6) is 0.615. The van der Waals surface area contributed by atoms with Gasteiger partial charge in [0.25, 0.3) is 5.91 Å². The number of benzene rings is 1. The summed E-state index contributed by atoms with van der Waals surface area (Å²) in [5, 5.41) is 0. The Balaban J connectivity index is 1.90. The summed E-state index contributed by atoms with van der Waals surface area (Å²) in [6, 6.07) is 5.29. The first-order valence-corrected chi connectivity index (χ1v) is 6.65. The summed E-state index contributed by atoms with van der Waals surface area (Å²) in [7, 11) is 0. The molecule has 2 aromatic rings. The fourth-order valence-electron chi connectivity index (χ4n) is 2.72. The Morgan fingerprint density at radius 1 is 1.32 bits per heavy atom. The van der Waals surface area contributed by atoms with Gasteiger partial charge < -0.3 is 14.9 Å². The van der Waals surface area contributed by atoms with Crippen molar-refractivity contribution in [3.63, 3.8) is 0 Å². The third-order valence-corrected chi connectivity index (χ3v) is 3.71. The minimum atomic E-state index is -0.244. The summed E-state index contributed by atoms with van der Waals surface area (Å²) in [6.45, 7) is 3.82. The number of aromatic nitrogens is 2. The maximum Gasteiger partial charge on any atom is 0.323 e. The van der Waals surface area contributed by atoms with E-state index < -0.39 is 0 Å². The zero-order valence-corrected chi connectivity index (χ0v) is 10.9. The lowest BCUT2D eigenvalue weighted by atomic mass is 9.99. The van der Waals surface area contributed by atoms with Gasteiger partial charge in [0.2, 0.25) is 0 Å². The Hall–Kier alpha value is -2.04. The first-order valence-electron chi connectivity index (χ1n) is 6.65. The molecule has 19 heavy (non-hydrogen) atoms. The average molecular weight is 259 g/mol. The quantitative estimate of drug-likeness (QED) is 0.818. The molecule has 100 valence electrons. The van der Waals surface area contributed by atoms with Gasteiger partial charge in [0.1, 0.15) is 0 Å². The zero-order valence-electron chi connectivity index (χ0n) is 10.9. The van der Waals surface area contributed by atoms with Crippen molar-refractivity contribution in [2.45, 2.75) is 19.8 Å². The number of hydrogen-bond acceptors (Lipinski definition) is 2. The number of piperidine rings is 1. The van der Waals surface area contributed by atoms with Crippen molar-refractivity contribution in [3.05, 3.63) is 34.2 Å². The molecule has 2 N–H and O–H groups in total. The monoisotopic (exact) mass is 259 g/mol. The summed E-state index contributed by atoms with van der Waals surface area (Å²) < 4.78 is 0. The van der Waals surface area contributed by atoms with Gasteiger partial charge in [-0.05, 0) is 37.0 Å². The van der Waals surface area contributed by atoms with E-state index in [4.69, 9.17) is 0 Å². The van der Waals surface area contributed by atoms with E-state index >= 15 is 0 Å². The van der Waals surface area contributed by atoms with Gasteiger partial charge >= 0.3 is 5.69 Å². The van der Waals surface area contributed by atoms with Gasteiger partial charge in [0, 0.05) is 18.7 Å². The Morgan fingerprint density at radius 3 is 2.89 bits per heavy atom. The van der Waals surface area contributed by atoms with Gasteiger partial charge in [-0.1, -0.05) is 6.92 Å². The highest BCUT2D eigenvalue weighted by molar-refractivity contribution is 5.97. The van der Waals surface area contributed by atoms with E-state index in [9.17, 15) is 9.59 Å². The van der Waals surface area contributed by atoms with Crippen LogP contribution in [-0.4, -0.2) is 33.9 Å². The highest BCUT2D eigenvalue weighted by Gasteiger charge is 2.22. The summed E-state index contributed by atoms with van der Waals surface area (Å²) in [5.41, 5.74) is 1.80. The van der Waals surface area contributed by atoms with Crippen molar-refractivity contribution in [2.75, 3.05) is 13.1 Å². The first kappa shape index (κ1) is 12.0. The molecule has 1 atom stereocenters. The van der Waals surface area contributed by atoms with Gasteiger partial charge in [0.15, 0.2) is 0 Å². The molecule has 1 aliphatic rings. The molecule has 0 bridgehead atoms. The number of H-pyrrole nitrogens is 2. The highest BCUT2D eigenvalue weighted by Crippen LogP contribution is 2.19. The topological polar surface area (TPSA) is 69.0 Å². The predicted octanol–water partition coefficient (Wildman–Crippen LogP) is 1.73. The molecule has 5 heteroatoms. The molecular formula is C14H17N3O2. The number of carbonyl (C=O) groups excluding carboxylic acids is 1. The standard InChI is InChI=1S/C14H17N3O2/c1-9-3-2-6-17(8-9)13(18)10-4-5-11-12(7-10)16-14(19)15-11/h4-5,7,9H,2-3,6,8H2,1H3,(H2,15,16,19). The molecule has 1 fully saturated rings. The van der Waals surface area contributed by atoms with Crippen LogP contribution in [0.4, 0.5) is 0 Å². The third-order valence-electron chi connectivity index (χ3n) is 3.71. The number of imidazole rings is 1. The van der Waals surface area contributed by atoms with Crippen LogP contribution in [0.2, 0.25) is 0 Å². The predicted molar refractivity (Wildman–Crippen MR) is 73.2 cm³/mol. The Morgan fingerprint density at radius 2 is 2.11 bits per heavy atom. The lowest BCUT2D eigenvalue weighted by Crippen LogP contribution is -2.39. The van der Waals surface area contributed by atoms with Crippen LogP contribution in [0.15, 0.2) is 23.0 Å². The number of likely N-dealkylation sites (tertiary alicyclic amines) is 1. The molecular weight excluding hydrogens is 242 g/mol. The molecule has 1 aliphatic heterocycles. The number of carbonyl (C=O) groups is 1. The van der Waals surface area contributed by atoms with Crippen molar-refractivity contribution < 1.29 is 4.79 Å². The largest absolute Gasteiger partial charge is 0.338 e. The van der Waals surface area contributed by atoms with Crippen LogP contribution in [0.5, 0.6) is 0 Å². The van der Waals surface area contributed by atoms with Crippen molar-refractivity contribution in [3.8, 4) is 0 Å². The maximum absolute atomic E-state index is 12.4. The smallest absolute Gasteiger partial charge is 0.323 e. The molecule has 0 radical (unpaired) electrons. The fraction of sp³-hybridized carbons (Fsp3) is 0.429. The minimum absolute atomic E-state index is 0.0514. The van der Waals surface area contributed by atoms with Gasteiger partial charge in [-0.3, -0.25) is 4.79 Å². The van der Waals surface area contributed by atoms with Crippen LogP contribution in [0.25, 0.3) is 11.0 Å². The molecule has 3 rings (SSSR count). The van der Waals surface area contributed by atoms with Crippen LogP contribution < -0.4 is 5.69 Å². The minimum Gasteiger partial charge on any atom is -0.338 e. The van der Waals surface area contributed by atoms with Crippen LogP contribution >= 0.6 is 0 Å². The summed E-state index contributed by atoms with van der Waals surface area (Å²) in [6.07, 6.45) is 2.25.